The van der Waals surface area contributed by atoms with Gasteiger partial charge in [0.05, 0.1) is 25.5 Å². The molecule has 0 saturated carbocycles. The van der Waals surface area contributed by atoms with E-state index in [1.54, 1.807) is 42.6 Å². The van der Waals surface area contributed by atoms with Crippen LogP contribution < -0.4 is 10.2 Å². The Morgan fingerprint density at radius 1 is 1.03 bits per heavy atom. The minimum Gasteiger partial charge on any atom is -0.494 e. The van der Waals surface area contributed by atoms with Crippen molar-refractivity contribution in [3.63, 3.8) is 0 Å². The van der Waals surface area contributed by atoms with Crippen LogP contribution in [0.25, 0.3) is 5.69 Å². The zero-order valence-electron chi connectivity index (χ0n) is 18.0. The third-order valence-electron chi connectivity index (χ3n) is 4.81. The number of aryl methyl sites for hydroxylation is 1. The highest BCUT2D eigenvalue weighted by atomic mass is 16.5. The molecule has 0 radical (unpaired) electrons. The summed E-state index contributed by atoms with van der Waals surface area (Å²) < 4.78 is 12.2. The zero-order valence-corrected chi connectivity index (χ0v) is 18.0. The minimum absolute atomic E-state index is 0.300. The number of ether oxygens (including phenoxy) is 2. The predicted octanol–water partition coefficient (Wildman–Crippen LogP) is 4.04. The number of aromatic nitrogens is 1. The molecule has 3 aromatic rings. The van der Waals surface area contributed by atoms with Crippen molar-refractivity contribution in [1.82, 2.24) is 9.99 Å². The second-order valence-electron chi connectivity index (χ2n) is 6.86. The Bertz CT molecular complexity index is 1100. The summed E-state index contributed by atoms with van der Waals surface area (Å²) in [6.45, 7) is 6.43. The summed E-state index contributed by atoms with van der Waals surface area (Å²) in [6, 6.07) is 16.1. The molecule has 0 aliphatic carbocycles. The van der Waals surface area contributed by atoms with Crippen LogP contribution in [0.5, 0.6) is 5.75 Å². The number of amides is 1. The first-order valence-corrected chi connectivity index (χ1v) is 9.88. The number of esters is 1. The molecule has 2 aromatic carbocycles. The van der Waals surface area contributed by atoms with Gasteiger partial charge in [0.2, 0.25) is 0 Å². The average molecular weight is 419 g/mol. The van der Waals surface area contributed by atoms with E-state index in [0.29, 0.717) is 17.7 Å². The van der Waals surface area contributed by atoms with Crippen LogP contribution in [0.3, 0.4) is 0 Å². The fourth-order valence-corrected chi connectivity index (χ4v) is 3.27. The van der Waals surface area contributed by atoms with Gasteiger partial charge in [-0.05, 0) is 75.4 Å². The van der Waals surface area contributed by atoms with Gasteiger partial charge in [-0.2, -0.15) is 5.10 Å². The van der Waals surface area contributed by atoms with Gasteiger partial charge in [0.15, 0.2) is 0 Å². The maximum Gasteiger partial charge on any atom is 0.337 e. The fraction of sp³-hybridized carbons (Fsp3) is 0.208. The average Bonchev–Trinajstić information content (AvgIpc) is 3.07. The highest BCUT2D eigenvalue weighted by molar-refractivity contribution is 5.95. The van der Waals surface area contributed by atoms with Crippen LogP contribution >= 0.6 is 0 Å². The molecular weight excluding hydrogens is 394 g/mol. The molecule has 7 heteroatoms. The van der Waals surface area contributed by atoms with Crippen LogP contribution in [0.2, 0.25) is 0 Å². The Kier molecular flexibility index (Phi) is 6.87. The molecule has 31 heavy (non-hydrogen) atoms. The van der Waals surface area contributed by atoms with Crippen LogP contribution in [-0.2, 0) is 4.74 Å². The van der Waals surface area contributed by atoms with Crippen molar-refractivity contribution in [1.29, 1.82) is 0 Å². The van der Waals surface area contributed by atoms with Crippen molar-refractivity contribution in [2.24, 2.45) is 5.10 Å². The smallest absolute Gasteiger partial charge is 0.337 e. The van der Waals surface area contributed by atoms with Crippen LogP contribution in [0, 0.1) is 13.8 Å². The van der Waals surface area contributed by atoms with Crippen LogP contribution in [0.1, 0.15) is 44.6 Å². The fourth-order valence-electron chi connectivity index (χ4n) is 3.27. The summed E-state index contributed by atoms with van der Waals surface area (Å²) >= 11 is 0. The molecule has 0 atom stereocenters. The maximum atomic E-state index is 12.3. The van der Waals surface area contributed by atoms with Gasteiger partial charge in [0, 0.05) is 28.2 Å². The highest BCUT2D eigenvalue weighted by Gasteiger charge is 2.11. The number of methoxy groups -OCH3 is 1. The van der Waals surface area contributed by atoms with Gasteiger partial charge in [-0.25, -0.2) is 10.2 Å². The first-order chi connectivity index (χ1) is 14.9. The number of hydrogen-bond donors (Lipinski definition) is 1. The van der Waals surface area contributed by atoms with Gasteiger partial charge in [-0.15, -0.1) is 0 Å². The van der Waals surface area contributed by atoms with Crippen molar-refractivity contribution in [3.05, 3.63) is 82.7 Å². The molecule has 160 valence electrons. The van der Waals surface area contributed by atoms with Gasteiger partial charge in [0.25, 0.3) is 5.91 Å². The van der Waals surface area contributed by atoms with Crippen molar-refractivity contribution in [3.8, 4) is 11.4 Å². The lowest BCUT2D eigenvalue weighted by molar-refractivity contribution is 0.0600. The van der Waals surface area contributed by atoms with Crippen LogP contribution in [0.4, 0.5) is 0 Å². The molecule has 7 nitrogen and oxygen atoms in total. The number of hydrogen-bond acceptors (Lipinski definition) is 5. The Hall–Kier alpha value is -3.87. The lowest BCUT2D eigenvalue weighted by atomic mass is 10.2. The van der Waals surface area contributed by atoms with Gasteiger partial charge >= 0.3 is 5.97 Å². The molecule has 1 amide bonds. The van der Waals surface area contributed by atoms with E-state index in [4.69, 9.17) is 9.47 Å². The van der Waals surface area contributed by atoms with E-state index in [2.05, 4.69) is 15.1 Å². The SMILES string of the molecule is CCOc1ccc(C(=O)N/N=C/c2cc(C)n(-c3ccc(C(=O)OC)cc3)c2C)cc1. The third kappa shape index (κ3) is 5.01. The largest absolute Gasteiger partial charge is 0.494 e. The molecule has 0 aliphatic rings. The maximum absolute atomic E-state index is 12.3. The summed E-state index contributed by atoms with van der Waals surface area (Å²) in [4.78, 5) is 23.9. The zero-order chi connectivity index (χ0) is 22.4. The molecule has 1 aromatic heterocycles. The summed E-state index contributed by atoms with van der Waals surface area (Å²) in [7, 11) is 1.36. The third-order valence-corrected chi connectivity index (χ3v) is 4.81. The first kappa shape index (κ1) is 21.8. The van der Waals surface area contributed by atoms with Gasteiger partial charge in [-0.1, -0.05) is 0 Å². The molecule has 0 saturated heterocycles. The standard InChI is InChI=1S/C24H25N3O4/c1-5-31-22-12-8-18(9-13-22)23(28)26-25-15-20-14-16(2)27(17(20)3)21-10-6-19(7-11-21)24(29)30-4/h6-15H,5H2,1-4H3,(H,26,28)/b25-15+. The van der Waals surface area contributed by atoms with Gasteiger partial charge in [-0.3, -0.25) is 4.79 Å². The lowest BCUT2D eigenvalue weighted by Gasteiger charge is -2.10. The molecule has 0 spiro atoms. The Morgan fingerprint density at radius 3 is 2.29 bits per heavy atom. The van der Waals surface area contributed by atoms with E-state index in [1.807, 2.05) is 39.0 Å². The van der Waals surface area contributed by atoms with Crippen LogP contribution in [0.15, 0.2) is 59.7 Å². The number of rotatable bonds is 7. The number of benzene rings is 2. The highest BCUT2D eigenvalue weighted by Crippen LogP contribution is 2.20. The summed E-state index contributed by atoms with van der Waals surface area (Å²) in [6.07, 6.45) is 1.62. The number of carbonyl (C=O) groups excluding carboxylic acids is 2. The van der Waals surface area contributed by atoms with Crippen LogP contribution in [-0.4, -0.2) is 36.4 Å². The van der Waals surface area contributed by atoms with Crippen molar-refractivity contribution >= 4 is 18.1 Å². The van der Waals surface area contributed by atoms with Crippen molar-refractivity contribution < 1.29 is 19.1 Å². The molecule has 3 rings (SSSR count). The molecule has 1 heterocycles. The van der Waals surface area contributed by atoms with Crippen molar-refractivity contribution in [2.45, 2.75) is 20.8 Å². The molecule has 0 bridgehead atoms. The normalized spacial score (nSPS) is 10.8. The molecular formula is C24H25N3O4. The lowest BCUT2D eigenvalue weighted by Crippen LogP contribution is -2.17. The number of nitrogens with zero attached hydrogens (tertiary/aromatic N) is 2. The van der Waals surface area contributed by atoms with E-state index in [-0.39, 0.29) is 11.9 Å². The minimum atomic E-state index is -0.372. The quantitative estimate of drug-likeness (QED) is 0.356. The first-order valence-electron chi connectivity index (χ1n) is 9.88. The Morgan fingerprint density at radius 2 is 1.68 bits per heavy atom. The van der Waals surface area contributed by atoms with E-state index in [1.165, 1.54) is 7.11 Å². The van der Waals surface area contributed by atoms with E-state index >= 15 is 0 Å². The molecule has 0 fully saturated rings. The molecule has 1 N–H and O–H groups in total. The Labute approximate surface area is 181 Å². The van der Waals surface area contributed by atoms with Gasteiger partial charge in [0.1, 0.15) is 5.75 Å². The Balaban J connectivity index is 1.72. The van der Waals surface area contributed by atoms with E-state index in [9.17, 15) is 9.59 Å². The summed E-state index contributed by atoms with van der Waals surface area (Å²) in [5, 5.41) is 4.10. The van der Waals surface area contributed by atoms with E-state index in [0.717, 1.165) is 28.4 Å². The second-order valence-corrected chi connectivity index (χ2v) is 6.86. The summed E-state index contributed by atoms with van der Waals surface area (Å²) in [5.74, 6) is 0.0460. The second kappa shape index (κ2) is 9.75. The monoisotopic (exact) mass is 419 g/mol. The molecule has 0 aliphatic heterocycles. The van der Waals surface area contributed by atoms with E-state index < -0.39 is 0 Å². The number of carbonyl (C=O) groups is 2. The summed E-state index contributed by atoms with van der Waals surface area (Å²) in [5.41, 5.74) is 7.30. The topological polar surface area (TPSA) is 81.9 Å². The number of nitrogens with one attached hydrogen (secondary N) is 1. The van der Waals surface area contributed by atoms with Crippen molar-refractivity contribution in [2.75, 3.05) is 13.7 Å². The molecule has 0 unspecified atom stereocenters. The van der Waals surface area contributed by atoms with Gasteiger partial charge < -0.3 is 14.0 Å². The number of hydrazone groups is 1. The predicted molar refractivity (Wildman–Crippen MR) is 119 cm³/mol.